The molecule has 0 spiro atoms. The number of aryl methyl sites for hydroxylation is 4. The lowest BCUT2D eigenvalue weighted by Crippen LogP contribution is -2.28. The van der Waals surface area contributed by atoms with Gasteiger partial charge in [0.1, 0.15) is 5.82 Å². The lowest BCUT2D eigenvalue weighted by atomic mass is 9.89. The molecule has 1 aromatic heterocycles. The number of anilines is 1. The predicted molar refractivity (Wildman–Crippen MR) is 85.9 cm³/mol. The number of hydrogen-bond donors (Lipinski definition) is 2. The van der Waals surface area contributed by atoms with E-state index in [4.69, 9.17) is 0 Å². The summed E-state index contributed by atoms with van der Waals surface area (Å²) in [5, 5.41) is 3.11. The first-order valence-electron chi connectivity index (χ1n) is 8.16. The van der Waals surface area contributed by atoms with Crippen molar-refractivity contribution in [3.63, 3.8) is 0 Å². The van der Waals surface area contributed by atoms with Crippen LogP contribution < -0.4 is 5.32 Å². The number of hydrogen-bond acceptors (Lipinski definition) is 2. The molecule has 1 aromatic carbocycles. The van der Waals surface area contributed by atoms with E-state index in [0.29, 0.717) is 0 Å². The zero-order chi connectivity index (χ0) is 15.1. The van der Waals surface area contributed by atoms with Crippen LogP contribution in [0.4, 0.5) is 5.69 Å². The van der Waals surface area contributed by atoms with Crippen molar-refractivity contribution in [2.75, 3.05) is 5.32 Å². The van der Waals surface area contributed by atoms with Gasteiger partial charge in [-0.25, -0.2) is 4.98 Å². The highest BCUT2D eigenvalue weighted by Crippen LogP contribution is 2.27. The lowest BCUT2D eigenvalue weighted by Gasteiger charge is -2.20. The Bertz CT molecular complexity index is 732. The monoisotopic (exact) mass is 295 g/mol. The Hall–Kier alpha value is -2.10. The van der Waals surface area contributed by atoms with Gasteiger partial charge in [0.2, 0.25) is 5.91 Å². The normalized spacial score (nSPS) is 19.6. The molecule has 0 unspecified atom stereocenters. The first-order valence-corrected chi connectivity index (χ1v) is 8.16. The molecule has 0 fully saturated rings. The maximum Gasteiger partial charge on any atom is 0.227 e. The van der Waals surface area contributed by atoms with Crippen LogP contribution in [0.1, 0.15) is 41.2 Å². The quantitative estimate of drug-likeness (QED) is 0.895. The van der Waals surface area contributed by atoms with E-state index in [0.717, 1.165) is 48.6 Å². The van der Waals surface area contributed by atoms with Gasteiger partial charge in [-0.1, -0.05) is 6.07 Å². The third-order valence-corrected chi connectivity index (χ3v) is 4.90. The van der Waals surface area contributed by atoms with Crippen molar-refractivity contribution in [1.82, 2.24) is 9.97 Å². The average molecular weight is 295 g/mol. The number of carbonyl (C=O) groups excluding carboxylic acids is 1. The fraction of sp³-hybridized carbons (Fsp3) is 0.444. The van der Waals surface area contributed by atoms with E-state index in [2.05, 4.69) is 27.4 Å². The molecule has 22 heavy (non-hydrogen) atoms. The van der Waals surface area contributed by atoms with Crippen LogP contribution >= 0.6 is 0 Å². The number of aromatic amines is 1. The summed E-state index contributed by atoms with van der Waals surface area (Å²) in [6, 6.07) is 6.35. The number of fused-ring (bicyclic) bond motifs is 2. The number of aromatic nitrogens is 2. The van der Waals surface area contributed by atoms with E-state index in [1.165, 1.54) is 24.0 Å². The third kappa shape index (κ3) is 2.43. The molecule has 0 bridgehead atoms. The number of nitrogens with one attached hydrogen (secondary N) is 2. The maximum atomic E-state index is 12.5. The van der Waals surface area contributed by atoms with Gasteiger partial charge in [-0.3, -0.25) is 4.79 Å². The maximum absolute atomic E-state index is 12.5. The van der Waals surface area contributed by atoms with Crippen LogP contribution in [-0.2, 0) is 30.5 Å². The Balaban J connectivity index is 1.46. The summed E-state index contributed by atoms with van der Waals surface area (Å²) >= 11 is 0. The van der Waals surface area contributed by atoms with Crippen molar-refractivity contribution >= 4 is 11.6 Å². The molecule has 4 rings (SSSR count). The van der Waals surface area contributed by atoms with Crippen LogP contribution in [0.25, 0.3) is 0 Å². The molecule has 2 aromatic rings. The summed E-state index contributed by atoms with van der Waals surface area (Å²) < 4.78 is 0. The van der Waals surface area contributed by atoms with Gasteiger partial charge in [0, 0.05) is 23.7 Å². The van der Waals surface area contributed by atoms with E-state index in [1.54, 1.807) is 0 Å². The highest BCUT2D eigenvalue weighted by Gasteiger charge is 2.27. The van der Waals surface area contributed by atoms with E-state index < -0.39 is 0 Å². The minimum Gasteiger partial charge on any atom is -0.346 e. The standard InChI is InChI=1S/C18H21N3O/c1-11-19-16-8-6-14(10-17(16)20-11)18(22)21-15-7-5-12-3-2-4-13(12)9-15/h5,7,9,14H,2-4,6,8,10H2,1H3,(H,19,20)(H,21,22)/t14-/m0/s1. The number of carbonyl (C=O) groups is 1. The van der Waals surface area contributed by atoms with Crippen LogP contribution in [0, 0.1) is 12.8 Å². The average Bonchev–Trinajstić information content (AvgIpc) is 3.10. The van der Waals surface area contributed by atoms with Crippen molar-refractivity contribution < 1.29 is 4.79 Å². The Morgan fingerprint density at radius 1 is 1.27 bits per heavy atom. The zero-order valence-corrected chi connectivity index (χ0v) is 12.9. The molecule has 4 heteroatoms. The molecule has 0 aliphatic heterocycles. The van der Waals surface area contributed by atoms with Crippen LogP contribution in [0.15, 0.2) is 18.2 Å². The van der Waals surface area contributed by atoms with Gasteiger partial charge in [0.25, 0.3) is 0 Å². The fourth-order valence-electron chi connectivity index (χ4n) is 3.74. The lowest BCUT2D eigenvalue weighted by molar-refractivity contribution is -0.120. The van der Waals surface area contributed by atoms with Crippen molar-refractivity contribution in [1.29, 1.82) is 0 Å². The minimum atomic E-state index is 0.0422. The molecule has 0 saturated heterocycles. The predicted octanol–water partition coefficient (Wildman–Crippen LogP) is 2.95. The molecule has 2 N–H and O–H groups in total. The van der Waals surface area contributed by atoms with Crippen molar-refractivity contribution in [2.45, 2.75) is 45.4 Å². The molecule has 1 heterocycles. The molecule has 4 nitrogen and oxygen atoms in total. The number of nitrogens with zero attached hydrogens (tertiary/aromatic N) is 1. The molecule has 1 amide bonds. The van der Waals surface area contributed by atoms with Crippen LogP contribution in [0.5, 0.6) is 0 Å². The Kier molecular flexibility index (Phi) is 3.25. The summed E-state index contributed by atoms with van der Waals surface area (Å²) in [7, 11) is 0. The summed E-state index contributed by atoms with van der Waals surface area (Å²) in [5.74, 6) is 1.13. The summed E-state index contributed by atoms with van der Waals surface area (Å²) in [5.41, 5.74) is 6.05. The highest BCUT2D eigenvalue weighted by molar-refractivity contribution is 5.93. The van der Waals surface area contributed by atoms with E-state index in [9.17, 15) is 4.79 Å². The topological polar surface area (TPSA) is 57.8 Å². The number of H-pyrrole nitrogens is 1. The molecule has 2 aliphatic rings. The second kappa shape index (κ2) is 5.27. The molecule has 1 atom stereocenters. The van der Waals surface area contributed by atoms with E-state index >= 15 is 0 Å². The van der Waals surface area contributed by atoms with Gasteiger partial charge in [-0.2, -0.15) is 0 Å². The van der Waals surface area contributed by atoms with Crippen LogP contribution in [0.2, 0.25) is 0 Å². The van der Waals surface area contributed by atoms with Crippen molar-refractivity contribution in [3.8, 4) is 0 Å². The molecule has 114 valence electrons. The number of rotatable bonds is 2. The number of amides is 1. The molecular weight excluding hydrogens is 274 g/mol. The summed E-state index contributed by atoms with van der Waals surface area (Å²) in [6.07, 6.45) is 6.09. The smallest absolute Gasteiger partial charge is 0.227 e. The first-order chi connectivity index (χ1) is 10.7. The van der Waals surface area contributed by atoms with Gasteiger partial charge in [0.05, 0.1) is 5.69 Å². The minimum absolute atomic E-state index is 0.0422. The van der Waals surface area contributed by atoms with E-state index in [-0.39, 0.29) is 11.8 Å². The van der Waals surface area contributed by atoms with E-state index in [1.807, 2.05) is 13.0 Å². The summed E-state index contributed by atoms with van der Waals surface area (Å²) in [6.45, 7) is 1.97. The summed E-state index contributed by atoms with van der Waals surface area (Å²) in [4.78, 5) is 20.3. The Morgan fingerprint density at radius 3 is 3.05 bits per heavy atom. The number of benzene rings is 1. The SMILES string of the molecule is Cc1nc2c([nH]1)C[C@@H](C(=O)Nc1ccc3c(c1)CCC3)CC2. The molecule has 2 aliphatic carbocycles. The fourth-order valence-corrected chi connectivity index (χ4v) is 3.74. The third-order valence-electron chi connectivity index (χ3n) is 4.90. The van der Waals surface area contributed by atoms with Crippen molar-refractivity contribution in [3.05, 3.63) is 46.5 Å². The van der Waals surface area contributed by atoms with Gasteiger partial charge >= 0.3 is 0 Å². The molecule has 0 saturated carbocycles. The van der Waals surface area contributed by atoms with Gasteiger partial charge in [0.15, 0.2) is 0 Å². The highest BCUT2D eigenvalue weighted by atomic mass is 16.1. The van der Waals surface area contributed by atoms with Gasteiger partial charge in [-0.05, 0) is 62.3 Å². The first kappa shape index (κ1) is 13.6. The Morgan fingerprint density at radius 2 is 2.14 bits per heavy atom. The van der Waals surface area contributed by atoms with Gasteiger partial charge in [-0.15, -0.1) is 0 Å². The van der Waals surface area contributed by atoms with Crippen LogP contribution in [-0.4, -0.2) is 15.9 Å². The van der Waals surface area contributed by atoms with Gasteiger partial charge < -0.3 is 10.3 Å². The number of imidazole rings is 1. The second-order valence-electron chi connectivity index (χ2n) is 6.51. The van der Waals surface area contributed by atoms with Crippen molar-refractivity contribution in [2.24, 2.45) is 5.92 Å². The van der Waals surface area contributed by atoms with Crippen LogP contribution in [0.3, 0.4) is 0 Å². The largest absolute Gasteiger partial charge is 0.346 e. The second-order valence-corrected chi connectivity index (χ2v) is 6.51. The zero-order valence-electron chi connectivity index (χ0n) is 12.9. The Labute approximate surface area is 130 Å². The molecular formula is C18H21N3O. The molecule has 0 radical (unpaired) electrons.